The van der Waals surface area contributed by atoms with Crippen molar-refractivity contribution >= 4 is 22.7 Å². The molecule has 116 valence electrons. The van der Waals surface area contributed by atoms with Gasteiger partial charge >= 0.3 is 5.63 Å². The molecule has 0 unspecified atom stereocenters. The number of ether oxygens (including phenoxy) is 1. The molecule has 2 heterocycles. The number of fused-ring (bicyclic) bond motifs is 1. The van der Waals surface area contributed by atoms with Gasteiger partial charge in [0.2, 0.25) is 0 Å². The summed E-state index contributed by atoms with van der Waals surface area (Å²) in [6.07, 6.45) is 0. The number of anilines is 1. The second kappa shape index (κ2) is 5.92. The van der Waals surface area contributed by atoms with Crippen molar-refractivity contribution in [2.24, 2.45) is 0 Å². The molecule has 0 bridgehead atoms. The fraction of sp³-hybridized carbons (Fsp3) is 0.118. The highest BCUT2D eigenvalue weighted by Gasteiger charge is 2.14. The maximum atomic E-state index is 12.3. The fourth-order valence-corrected chi connectivity index (χ4v) is 2.17. The van der Waals surface area contributed by atoms with Gasteiger partial charge in [0.25, 0.3) is 5.91 Å². The Morgan fingerprint density at radius 3 is 2.78 bits per heavy atom. The first-order valence-electron chi connectivity index (χ1n) is 6.94. The molecular formula is C17H14N2O4. The van der Waals surface area contributed by atoms with E-state index in [9.17, 15) is 9.59 Å². The van der Waals surface area contributed by atoms with Crippen LogP contribution in [0.1, 0.15) is 16.1 Å². The molecule has 0 aliphatic carbocycles. The summed E-state index contributed by atoms with van der Waals surface area (Å²) in [7, 11) is 1.52. The molecule has 3 rings (SSSR count). The summed E-state index contributed by atoms with van der Waals surface area (Å²) in [6.45, 7) is 1.81. The number of rotatable bonds is 3. The minimum atomic E-state index is -0.712. The SMILES string of the molecule is COc1ccc2cc(C(=O)Nc3cccc(C)n3)c(=O)oc2c1. The molecule has 23 heavy (non-hydrogen) atoms. The van der Waals surface area contributed by atoms with Crippen molar-refractivity contribution in [3.05, 3.63) is 64.1 Å². The second-order valence-corrected chi connectivity index (χ2v) is 4.97. The Hall–Kier alpha value is -3.15. The third-order valence-electron chi connectivity index (χ3n) is 3.32. The summed E-state index contributed by atoms with van der Waals surface area (Å²) in [6, 6.07) is 11.8. The molecule has 6 heteroatoms. The van der Waals surface area contributed by atoms with E-state index < -0.39 is 11.5 Å². The van der Waals surface area contributed by atoms with Crippen molar-refractivity contribution in [3.8, 4) is 5.75 Å². The first-order chi connectivity index (χ1) is 11.1. The van der Waals surface area contributed by atoms with Gasteiger partial charge in [-0.05, 0) is 37.3 Å². The number of nitrogens with zero attached hydrogens (tertiary/aromatic N) is 1. The summed E-state index contributed by atoms with van der Waals surface area (Å²) < 4.78 is 10.3. The monoisotopic (exact) mass is 310 g/mol. The molecule has 0 radical (unpaired) electrons. The van der Waals surface area contributed by atoms with Gasteiger partial charge in [0.05, 0.1) is 7.11 Å². The smallest absolute Gasteiger partial charge is 0.349 e. The van der Waals surface area contributed by atoms with E-state index in [1.165, 1.54) is 13.2 Å². The Labute approximate surface area is 131 Å². The lowest BCUT2D eigenvalue weighted by Gasteiger charge is -2.06. The van der Waals surface area contributed by atoms with Crippen molar-refractivity contribution in [2.45, 2.75) is 6.92 Å². The highest BCUT2D eigenvalue weighted by molar-refractivity contribution is 6.05. The number of nitrogens with one attached hydrogen (secondary N) is 1. The lowest BCUT2D eigenvalue weighted by atomic mass is 10.1. The maximum Gasteiger partial charge on any atom is 0.349 e. The predicted molar refractivity (Wildman–Crippen MR) is 86.0 cm³/mol. The van der Waals surface area contributed by atoms with Crippen molar-refractivity contribution < 1.29 is 13.9 Å². The molecular weight excluding hydrogens is 296 g/mol. The zero-order chi connectivity index (χ0) is 16.4. The van der Waals surface area contributed by atoms with Gasteiger partial charge in [-0.15, -0.1) is 0 Å². The highest BCUT2D eigenvalue weighted by atomic mass is 16.5. The normalized spacial score (nSPS) is 10.5. The minimum absolute atomic E-state index is 0.0778. The topological polar surface area (TPSA) is 81.4 Å². The Bertz CT molecular complexity index is 947. The van der Waals surface area contributed by atoms with Crippen LogP contribution in [0, 0.1) is 6.92 Å². The van der Waals surface area contributed by atoms with Crippen molar-refractivity contribution in [1.29, 1.82) is 0 Å². The van der Waals surface area contributed by atoms with Crippen LogP contribution in [0.2, 0.25) is 0 Å². The quantitative estimate of drug-likeness (QED) is 0.752. The lowest BCUT2D eigenvalue weighted by molar-refractivity contribution is 0.102. The summed E-state index contributed by atoms with van der Waals surface area (Å²) in [4.78, 5) is 28.5. The van der Waals surface area contributed by atoms with E-state index in [0.29, 0.717) is 22.5 Å². The van der Waals surface area contributed by atoms with Crippen LogP contribution < -0.4 is 15.7 Å². The van der Waals surface area contributed by atoms with Gasteiger partial charge in [-0.25, -0.2) is 9.78 Å². The molecule has 1 amide bonds. The van der Waals surface area contributed by atoms with E-state index >= 15 is 0 Å². The summed E-state index contributed by atoms with van der Waals surface area (Å²) >= 11 is 0. The standard InChI is InChI=1S/C17H14N2O4/c1-10-4-3-5-15(18-10)19-16(20)13-8-11-6-7-12(22-2)9-14(11)23-17(13)21/h3-9H,1-2H3,(H,18,19,20). The molecule has 1 aromatic carbocycles. The number of carbonyl (C=O) groups excluding carboxylic acids is 1. The predicted octanol–water partition coefficient (Wildman–Crippen LogP) is 2.76. The molecule has 0 atom stereocenters. The molecule has 0 fully saturated rings. The van der Waals surface area contributed by atoms with Crippen LogP contribution in [0.15, 0.2) is 51.7 Å². The van der Waals surface area contributed by atoms with E-state index in [1.54, 1.807) is 30.3 Å². The van der Waals surface area contributed by atoms with Crippen LogP contribution in [0.5, 0.6) is 5.75 Å². The number of carbonyl (C=O) groups is 1. The van der Waals surface area contributed by atoms with E-state index in [-0.39, 0.29) is 5.56 Å². The van der Waals surface area contributed by atoms with Gasteiger partial charge in [-0.3, -0.25) is 4.79 Å². The first kappa shape index (κ1) is 14.8. The largest absolute Gasteiger partial charge is 0.497 e. The Morgan fingerprint density at radius 1 is 1.22 bits per heavy atom. The van der Waals surface area contributed by atoms with Crippen LogP contribution in [-0.4, -0.2) is 18.0 Å². The lowest BCUT2D eigenvalue weighted by Crippen LogP contribution is -2.21. The first-order valence-corrected chi connectivity index (χ1v) is 6.94. The van der Waals surface area contributed by atoms with E-state index in [0.717, 1.165) is 5.69 Å². The average molecular weight is 310 g/mol. The third kappa shape index (κ3) is 3.06. The number of amides is 1. The number of hydrogen-bond donors (Lipinski definition) is 1. The summed E-state index contributed by atoms with van der Waals surface area (Å²) in [5.74, 6) is 0.389. The van der Waals surface area contributed by atoms with Gasteiger partial charge in [0, 0.05) is 17.1 Å². The van der Waals surface area contributed by atoms with Crippen molar-refractivity contribution in [2.75, 3.05) is 12.4 Å². The van der Waals surface area contributed by atoms with Crippen molar-refractivity contribution in [3.63, 3.8) is 0 Å². The number of hydrogen-bond acceptors (Lipinski definition) is 5. The van der Waals surface area contributed by atoms with E-state index in [1.807, 2.05) is 13.0 Å². The van der Waals surface area contributed by atoms with Crippen LogP contribution in [-0.2, 0) is 0 Å². The number of pyridine rings is 1. The van der Waals surface area contributed by atoms with Gasteiger partial charge in [-0.1, -0.05) is 6.07 Å². The molecule has 0 saturated heterocycles. The average Bonchev–Trinajstić information content (AvgIpc) is 2.53. The summed E-state index contributed by atoms with van der Waals surface area (Å²) in [5.41, 5.74) is 0.335. The van der Waals surface area contributed by atoms with Crippen LogP contribution in [0.3, 0.4) is 0 Å². The summed E-state index contributed by atoms with van der Waals surface area (Å²) in [5, 5.41) is 3.22. The van der Waals surface area contributed by atoms with Gasteiger partial charge in [-0.2, -0.15) is 0 Å². The van der Waals surface area contributed by atoms with Gasteiger partial charge in [0.15, 0.2) is 0 Å². The number of methoxy groups -OCH3 is 1. The van der Waals surface area contributed by atoms with Gasteiger partial charge in [0.1, 0.15) is 22.7 Å². The molecule has 0 saturated carbocycles. The number of aromatic nitrogens is 1. The number of aryl methyl sites for hydroxylation is 1. The molecule has 0 spiro atoms. The minimum Gasteiger partial charge on any atom is -0.497 e. The second-order valence-electron chi connectivity index (χ2n) is 4.97. The molecule has 3 aromatic rings. The fourth-order valence-electron chi connectivity index (χ4n) is 2.17. The Morgan fingerprint density at radius 2 is 2.04 bits per heavy atom. The van der Waals surface area contributed by atoms with Crippen molar-refractivity contribution in [1.82, 2.24) is 4.98 Å². The Kier molecular flexibility index (Phi) is 3.80. The molecule has 1 N–H and O–H groups in total. The zero-order valence-electron chi connectivity index (χ0n) is 12.6. The zero-order valence-corrected chi connectivity index (χ0v) is 12.6. The van der Waals surface area contributed by atoms with Crippen LogP contribution in [0.25, 0.3) is 11.0 Å². The molecule has 6 nitrogen and oxygen atoms in total. The number of benzene rings is 1. The van der Waals surface area contributed by atoms with E-state index in [2.05, 4.69) is 10.3 Å². The van der Waals surface area contributed by atoms with Crippen LogP contribution in [0.4, 0.5) is 5.82 Å². The molecule has 0 aliphatic heterocycles. The maximum absolute atomic E-state index is 12.3. The Balaban J connectivity index is 1.97. The third-order valence-corrected chi connectivity index (χ3v) is 3.32. The van der Waals surface area contributed by atoms with Crippen LogP contribution >= 0.6 is 0 Å². The molecule has 0 aliphatic rings. The molecule has 2 aromatic heterocycles. The highest BCUT2D eigenvalue weighted by Crippen LogP contribution is 2.20. The van der Waals surface area contributed by atoms with E-state index in [4.69, 9.17) is 9.15 Å². The van der Waals surface area contributed by atoms with Gasteiger partial charge < -0.3 is 14.5 Å².